The Balaban J connectivity index is 1.82. The Morgan fingerprint density at radius 2 is 2.00 bits per heavy atom. The molecule has 116 valence electrons. The second-order valence-corrected chi connectivity index (χ2v) is 6.00. The molecule has 0 saturated carbocycles. The molecule has 1 fully saturated rings. The third-order valence-electron chi connectivity index (χ3n) is 4.17. The molecule has 0 bridgehead atoms. The van der Waals surface area contributed by atoms with Crippen molar-refractivity contribution in [1.29, 1.82) is 0 Å². The first kappa shape index (κ1) is 16.0. The van der Waals surface area contributed by atoms with Crippen LogP contribution in [-0.4, -0.2) is 18.5 Å². The van der Waals surface area contributed by atoms with Gasteiger partial charge in [0.25, 0.3) is 0 Å². The molecule has 1 amide bonds. The van der Waals surface area contributed by atoms with Crippen molar-refractivity contribution in [2.24, 2.45) is 0 Å². The van der Waals surface area contributed by atoms with Gasteiger partial charge in [-0.15, -0.1) is 0 Å². The van der Waals surface area contributed by atoms with Crippen LogP contribution in [0.4, 0.5) is 5.69 Å². The smallest absolute Gasteiger partial charge is 0.241 e. The van der Waals surface area contributed by atoms with E-state index in [-0.39, 0.29) is 11.9 Å². The largest absolute Gasteiger partial charge is 0.325 e. The summed E-state index contributed by atoms with van der Waals surface area (Å²) in [6, 6.07) is 8.28. The van der Waals surface area contributed by atoms with E-state index < -0.39 is 0 Å². The van der Waals surface area contributed by atoms with Gasteiger partial charge in [-0.1, -0.05) is 44.7 Å². The van der Waals surface area contributed by atoms with E-state index in [1.807, 2.05) is 12.1 Å². The summed E-state index contributed by atoms with van der Waals surface area (Å²) >= 11 is 0. The minimum absolute atomic E-state index is 0.0308. The highest BCUT2D eigenvalue weighted by molar-refractivity contribution is 5.94. The molecule has 3 nitrogen and oxygen atoms in total. The predicted octanol–water partition coefficient (Wildman–Crippen LogP) is 3.89. The molecule has 0 spiro atoms. The van der Waals surface area contributed by atoms with Crippen LogP contribution < -0.4 is 10.6 Å². The lowest BCUT2D eigenvalue weighted by Crippen LogP contribution is -2.39. The van der Waals surface area contributed by atoms with E-state index in [0.717, 1.165) is 31.5 Å². The number of aryl methyl sites for hydroxylation is 1. The number of benzene rings is 1. The molecule has 1 aromatic carbocycles. The zero-order chi connectivity index (χ0) is 14.9. The van der Waals surface area contributed by atoms with Crippen LogP contribution in [0.3, 0.4) is 0 Å². The number of carbonyl (C=O) groups excluding carboxylic acids is 1. The van der Waals surface area contributed by atoms with E-state index >= 15 is 0 Å². The molecule has 1 unspecified atom stereocenters. The Labute approximate surface area is 128 Å². The fourth-order valence-electron chi connectivity index (χ4n) is 2.82. The molecule has 2 rings (SSSR count). The lowest BCUT2D eigenvalue weighted by Gasteiger charge is -2.15. The van der Waals surface area contributed by atoms with E-state index in [1.54, 1.807) is 0 Å². The SMILES string of the molecule is CCCCCc1ccc(NC(=O)C2CCCCCN2)cc1. The van der Waals surface area contributed by atoms with E-state index in [1.165, 1.54) is 37.7 Å². The molecule has 21 heavy (non-hydrogen) atoms. The van der Waals surface area contributed by atoms with E-state index in [4.69, 9.17) is 0 Å². The first-order chi connectivity index (χ1) is 10.3. The van der Waals surface area contributed by atoms with Gasteiger partial charge in [-0.05, 0) is 49.9 Å². The van der Waals surface area contributed by atoms with Gasteiger partial charge >= 0.3 is 0 Å². The maximum atomic E-state index is 12.2. The van der Waals surface area contributed by atoms with Crippen LogP contribution in [0.25, 0.3) is 0 Å². The average Bonchev–Trinajstić information content (AvgIpc) is 2.78. The van der Waals surface area contributed by atoms with E-state index in [0.29, 0.717) is 0 Å². The predicted molar refractivity (Wildman–Crippen MR) is 88.6 cm³/mol. The zero-order valence-corrected chi connectivity index (χ0v) is 13.2. The van der Waals surface area contributed by atoms with Gasteiger partial charge in [0.2, 0.25) is 5.91 Å². The van der Waals surface area contributed by atoms with Gasteiger partial charge in [-0.2, -0.15) is 0 Å². The van der Waals surface area contributed by atoms with Gasteiger partial charge in [-0.25, -0.2) is 0 Å². The van der Waals surface area contributed by atoms with Crippen molar-refractivity contribution in [2.75, 3.05) is 11.9 Å². The molecule has 1 aliphatic heterocycles. The van der Waals surface area contributed by atoms with E-state index in [9.17, 15) is 4.79 Å². The molecule has 1 heterocycles. The Bertz CT molecular complexity index is 419. The molecule has 1 saturated heterocycles. The van der Waals surface area contributed by atoms with Gasteiger partial charge in [0.05, 0.1) is 6.04 Å². The summed E-state index contributed by atoms with van der Waals surface area (Å²) in [5.74, 6) is 0.107. The highest BCUT2D eigenvalue weighted by Crippen LogP contribution is 2.14. The summed E-state index contributed by atoms with van der Waals surface area (Å²) in [5, 5.41) is 6.37. The minimum Gasteiger partial charge on any atom is -0.325 e. The molecular formula is C18H28N2O. The summed E-state index contributed by atoms with van der Waals surface area (Å²) in [5.41, 5.74) is 2.26. The monoisotopic (exact) mass is 288 g/mol. The number of unbranched alkanes of at least 4 members (excludes halogenated alkanes) is 2. The van der Waals surface area contributed by atoms with Crippen LogP contribution in [0, 0.1) is 0 Å². The molecular weight excluding hydrogens is 260 g/mol. The van der Waals surface area contributed by atoms with Crippen LogP contribution in [-0.2, 0) is 11.2 Å². The third-order valence-corrected chi connectivity index (χ3v) is 4.17. The Kier molecular flexibility index (Phi) is 6.74. The Morgan fingerprint density at radius 1 is 1.19 bits per heavy atom. The quantitative estimate of drug-likeness (QED) is 0.780. The van der Waals surface area contributed by atoms with Crippen LogP contribution in [0.2, 0.25) is 0 Å². The molecule has 1 aliphatic rings. The van der Waals surface area contributed by atoms with Crippen molar-refractivity contribution in [3.05, 3.63) is 29.8 Å². The second-order valence-electron chi connectivity index (χ2n) is 6.00. The number of carbonyl (C=O) groups is 1. The van der Waals surface area contributed by atoms with Crippen molar-refractivity contribution in [3.63, 3.8) is 0 Å². The highest BCUT2D eigenvalue weighted by Gasteiger charge is 2.19. The van der Waals surface area contributed by atoms with Crippen molar-refractivity contribution >= 4 is 11.6 Å². The lowest BCUT2D eigenvalue weighted by molar-refractivity contribution is -0.118. The van der Waals surface area contributed by atoms with E-state index in [2.05, 4.69) is 29.7 Å². The van der Waals surface area contributed by atoms with Crippen LogP contribution in [0.5, 0.6) is 0 Å². The summed E-state index contributed by atoms with van der Waals surface area (Å²) in [6.45, 7) is 3.18. The van der Waals surface area contributed by atoms with Gasteiger partial charge < -0.3 is 10.6 Å². The standard InChI is InChI=1S/C18H28N2O/c1-2-3-5-8-15-10-12-16(13-11-15)20-18(21)17-9-6-4-7-14-19-17/h10-13,17,19H,2-9,14H2,1H3,(H,20,21). The topological polar surface area (TPSA) is 41.1 Å². The summed E-state index contributed by atoms with van der Waals surface area (Å²) in [6.07, 6.45) is 9.40. The van der Waals surface area contributed by atoms with Crippen LogP contribution in [0.15, 0.2) is 24.3 Å². The summed E-state index contributed by atoms with van der Waals surface area (Å²) < 4.78 is 0. The number of hydrogen-bond acceptors (Lipinski definition) is 2. The first-order valence-electron chi connectivity index (χ1n) is 8.43. The number of nitrogens with one attached hydrogen (secondary N) is 2. The number of rotatable bonds is 6. The zero-order valence-electron chi connectivity index (χ0n) is 13.2. The minimum atomic E-state index is -0.0308. The molecule has 1 aromatic rings. The average molecular weight is 288 g/mol. The number of amides is 1. The fourth-order valence-corrected chi connectivity index (χ4v) is 2.82. The molecule has 0 radical (unpaired) electrons. The third kappa shape index (κ3) is 5.50. The molecule has 3 heteroatoms. The highest BCUT2D eigenvalue weighted by atomic mass is 16.2. The van der Waals surface area contributed by atoms with Gasteiger partial charge in [0.15, 0.2) is 0 Å². The number of anilines is 1. The van der Waals surface area contributed by atoms with Crippen molar-refractivity contribution in [2.45, 2.75) is 64.3 Å². The number of hydrogen-bond donors (Lipinski definition) is 2. The van der Waals surface area contributed by atoms with Gasteiger partial charge in [0.1, 0.15) is 0 Å². The van der Waals surface area contributed by atoms with Crippen LogP contribution in [0.1, 0.15) is 57.4 Å². The van der Waals surface area contributed by atoms with Crippen molar-refractivity contribution < 1.29 is 4.79 Å². The van der Waals surface area contributed by atoms with Gasteiger partial charge in [0, 0.05) is 5.69 Å². The second kappa shape index (κ2) is 8.83. The molecule has 0 aromatic heterocycles. The molecule has 1 atom stereocenters. The lowest BCUT2D eigenvalue weighted by atomic mass is 10.1. The first-order valence-corrected chi connectivity index (χ1v) is 8.43. The van der Waals surface area contributed by atoms with Crippen LogP contribution >= 0.6 is 0 Å². The van der Waals surface area contributed by atoms with Gasteiger partial charge in [-0.3, -0.25) is 4.79 Å². The Hall–Kier alpha value is -1.35. The maximum Gasteiger partial charge on any atom is 0.241 e. The molecule has 2 N–H and O–H groups in total. The molecule has 0 aliphatic carbocycles. The summed E-state index contributed by atoms with van der Waals surface area (Å²) in [4.78, 5) is 12.2. The summed E-state index contributed by atoms with van der Waals surface area (Å²) in [7, 11) is 0. The van der Waals surface area contributed by atoms with Crippen molar-refractivity contribution in [3.8, 4) is 0 Å². The van der Waals surface area contributed by atoms with Crippen molar-refractivity contribution in [1.82, 2.24) is 5.32 Å². The normalized spacial score (nSPS) is 19.0. The fraction of sp³-hybridized carbons (Fsp3) is 0.611. The maximum absolute atomic E-state index is 12.2. The Morgan fingerprint density at radius 3 is 2.76 bits per heavy atom.